The molecule has 0 saturated heterocycles. The van der Waals surface area contributed by atoms with Gasteiger partial charge in [-0.15, -0.1) is 0 Å². The lowest BCUT2D eigenvalue weighted by molar-refractivity contribution is -0.862. The van der Waals surface area contributed by atoms with Crippen molar-refractivity contribution >= 4 is 17.8 Å². The van der Waals surface area contributed by atoms with Gasteiger partial charge in [-0.3, -0.25) is 14.4 Å². The predicted molar refractivity (Wildman–Crippen MR) is 184 cm³/mol. The number of quaternary nitrogens is 1. The predicted octanol–water partition coefficient (Wildman–Crippen LogP) is 6.01. The number of rotatable bonds is 32. The SMILES string of the molecule is CCCCCCCCCCCCCC(=O)OCCN(CCOC(=O)CCCCCCCCCCCCC)C(=O)C[N+](C)(C)C.[Cl-]. The molecule has 0 aliphatic carbocycles. The minimum absolute atomic E-state index is 0. The maximum absolute atomic E-state index is 12.9. The molecule has 0 heterocycles. The highest BCUT2D eigenvalue weighted by Crippen LogP contribution is 2.13. The maximum atomic E-state index is 12.9. The van der Waals surface area contributed by atoms with Gasteiger partial charge in [0, 0.05) is 12.8 Å². The van der Waals surface area contributed by atoms with Crippen molar-refractivity contribution in [1.29, 1.82) is 0 Å². The monoisotopic (exact) mass is 661 g/mol. The second-order valence-electron chi connectivity index (χ2n) is 13.8. The van der Waals surface area contributed by atoms with E-state index in [1.165, 1.54) is 116 Å². The Balaban J connectivity index is 0. The molecular formula is C37H73ClN2O5. The first-order chi connectivity index (χ1) is 21.2. The molecule has 7 nitrogen and oxygen atoms in total. The van der Waals surface area contributed by atoms with Crippen LogP contribution in [0.4, 0.5) is 0 Å². The lowest BCUT2D eigenvalue weighted by Gasteiger charge is -2.28. The Morgan fingerprint density at radius 3 is 1.07 bits per heavy atom. The van der Waals surface area contributed by atoms with E-state index in [9.17, 15) is 14.4 Å². The molecule has 8 heteroatoms. The average Bonchev–Trinajstić information content (AvgIpc) is 2.97. The van der Waals surface area contributed by atoms with E-state index in [4.69, 9.17) is 9.47 Å². The van der Waals surface area contributed by atoms with Crippen molar-refractivity contribution in [3.05, 3.63) is 0 Å². The van der Waals surface area contributed by atoms with Crippen LogP contribution in [0, 0.1) is 0 Å². The van der Waals surface area contributed by atoms with Crippen molar-refractivity contribution in [3.8, 4) is 0 Å². The van der Waals surface area contributed by atoms with Crippen molar-refractivity contribution in [3.63, 3.8) is 0 Å². The fourth-order valence-electron chi connectivity index (χ4n) is 5.42. The van der Waals surface area contributed by atoms with Gasteiger partial charge in [0.1, 0.15) is 13.2 Å². The molecule has 0 aliphatic rings. The Kier molecular flexibility index (Phi) is 33.2. The molecular weight excluding hydrogens is 588 g/mol. The molecule has 0 saturated carbocycles. The summed E-state index contributed by atoms with van der Waals surface area (Å²) in [5, 5.41) is 0. The van der Waals surface area contributed by atoms with Gasteiger partial charge in [0.25, 0.3) is 5.91 Å². The van der Waals surface area contributed by atoms with E-state index in [1.54, 1.807) is 4.90 Å². The van der Waals surface area contributed by atoms with Crippen molar-refractivity contribution in [1.82, 2.24) is 4.90 Å². The summed E-state index contributed by atoms with van der Waals surface area (Å²) in [6, 6.07) is 0. The summed E-state index contributed by atoms with van der Waals surface area (Å²) in [5.41, 5.74) is 0. The molecule has 0 bridgehead atoms. The van der Waals surface area contributed by atoms with Crippen LogP contribution >= 0.6 is 0 Å². The summed E-state index contributed by atoms with van der Waals surface area (Å²) >= 11 is 0. The van der Waals surface area contributed by atoms with E-state index in [0.29, 0.717) is 37.0 Å². The zero-order valence-corrected chi connectivity index (χ0v) is 31.1. The number of hydrogen-bond donors (Lipinski definition) is 0. The van der Waals surface area contributed by atoms with Crippen LogP contribution < -0.4 is 12.4 Å². The maximum Gasteiger partial charge on any atom is 0.305 e. The Morgan fingerprint density at radius 2 is 0.778 bits per heavy atom. The highest BCUT2D eigenvalue weighted by molar-refractivity contribution is 5.77. The molecule has 0 aromatic rings. The Bertz CT molecular complexity index is 655. The number of carbonyl (C=O) groups excluding carboxylic acids is 3. The van der Waals surface area contributed by atoms with Crippen molar-refractivity contribution < 1.29 is 40.7 Å². The van der Waals surface area contributed by atoms with Gasteiger partial charge >= 0.3 is 11.9 Å². The number of ether oxygens (including phenoxy) is 2. The van der Waals surface area contributed by atoms with Gasteiger partial charge in [0.2, 0.25) is 0 Å². The van der Waals surface area contributed by atoms with E-state index < -0.39 is 0 Å². The third-order valence-corrected chi connectivity index (χ3v) is 8.18. The van der Waals surface area contributed by atoms with Crippen LogP contribution in [-0.4, -0.2) is 81.2 Å². The number of esters is 2. The third kappa shape index (κ3) is 33.8. The Morgan fingerprint density at radius 1 is 0.489 bits per heavy atom. The average molecular weight is 661 g/mol. The van der Waals surface area contributed by atoms with Crippen LogP contribution in [0.3, 0.4) is 0 Å². The number of nitrogens with zero attached hydrogens (tertiary/aromatic N) is 2. The van der Waals surface area contributed by atoms with Crippen LogP contribution in [0.2, 0.25) is 0 Å². The van der Waals surface area contributed by atoms with Crippen molar-refractivity contribution in [2.24, 2.45) is 0 Å². The van der Waals surface area contributed by atoms with Gasteiger partial charge in [-0.25, -0.2) is 0 Å². The highest BCUT2D eigenvalue weighted by atomic mass is 35.5. The number of halogens is 1. The highest BCUT2D eigenvalue weighted by Gasteiger charge is 2.21. The first-order valence-corrected chi connectivity index (χ1v) is 18.6. The van der Waals surface area contributed by atoms with Gasteiger partial charge in [0.05, 0.1) is 34.2 Å². The molecule has 0 fully saturated rings. The van der Waals surface area contributed by atoms with Gasteiger partial charge in [-0.2, -0.15) is 0 Å². The standard InChI is InChI=1S/C37H73N2O5.ClH/c1-6-8-10-12-14-16-18-20-22-24-26-28-36(41)43-32-30-38(35(40)34-39(3,4)5)31-33-44-37(42)29-27-25-23-21-19-17-15-13-11-9-7-2;/h6-34H2,1-5H3;1H/q+1;/p-1. The van der Waals surface area contributed by atoms with Gasteiger partial charge in [-0.05, 0) is 12.8 Å². The van der Waals surface area contributed by atoms with Crippen LogP contribution in [0.15, 0.2) is 0 Å². The van der Waals surface area contributed by atoms with Gasteiger partial charge < -0.3 is 31.3 Å². The number of carbonyl (C=O) groups is 3. The second-order valence-corrected chi connectivity index (χ2v) is 13.8. The minimum Gasteiger partial charge on any atom is -1.00 e. The number of likely N-dealkylation sites (N-methyl/N-ethyl adjacent to an activating group) is 1. The lowest BCUT2D eigenvalue weighted by Crippen LogP contribution is -3.00. The fraction of sp³-hybridized carbons (Fsp3) is 0.919. The van der Waals surface area contributed by atoms with E-state index in [2.05, 4.69) is 13.8 Å². The molecule has 0 N–H and O–H groups in total. The topological polar surface area (TPSA) is 72.9 Å². The van der Waals surface area contributed by atoms with E-state index in [0.717, 1.165) is 25.7 Å². The third-order valence-electron chi connectivity index (χ3n) is 8.18. The summed E-state index contributed by atoms with van der Waals surface area (Å²) < 4.78 is 11.4. The molecule has 0 radical (unpaired) electrons. The quantitative estimate of drug-likeness (QED) is 0.0502. The second kappa shape index (κ2) is 32.6. The summed E-state index contributed by atoms with van der Waals surface area (Å²) in [6.45, 7) is 5.82. The molecule has 0 aromatic heterocycles. The van der Waals surface area contributed by atoms with E-state index in [-0.39, 0.29) is 43.5 Å². The zero-order valence-electron chi connectivity index (χ0n) is 30.3. The van der Waals surface area contributed by atoms with Gasteiger partial charge in [-0.1, -0.05) is 142 Å². The smallest absolute Gasteiger partial charge is 0.305 e. The molecule has 45 heavy (non-hydrogen) atoms. The summed E-state index contributed by atoms with van der Waals surface area (Å²) in [5.74, 6) is -0.419. The molecule has 0 atom stereocenters. The largest absolute Gasteiger partial charge is 1.00 e. The fourth-order valence-corrected chi connectivity index (χ4v) is 5.42. The summed E-state index contributed by atoms with van der Waals surface area (Å²) in [7, 11) is 5.91. The van der Waals surface area contributed by atoms with E-state index in [1.807, 2.05) is 21.1 Å². The number of unbranched alkanes of at least 4 members (excludes halogenated alkanes) is 20. The van der Waals surface area contributed by atoms with Crippen molar-refractivity contribution in [2.75, 3.05) is 54.0 Å². The van der Waals surface area contributed by atoms with Crippen LogP contribution in [0.25, 0.3) is 0 Å². The molecule has 0 aliphatic heterocycles. The molecule has 0 spiro atoms. The molecule has 0 aromatic carbocycles. The molecule has 1 amide bonds. The minimum atomic E-state index is -0.196. The molecule has 0 unspecified atom stereocenters. The first kappa shape index (κ1) is 45.8. The Labute approximate surface area is 284 Å². The summed E-state index contributed by atoms with van der Waals surface area (Å²) in [4.78, 5) is 39.0. The summed E-state index contributed by atoms with van der Waals surface area (Å²) in [6.07, 6.45) is 28.2. The molecule has 0 rings (SSSR count). The molecule has 268 valence electrons. The number of hydrogen-bond acceptors (Lipinski definition) is 5. The lowest BCUT2D eigenvalue weighted by atomic mass is 10.1. The zero-order chi connectivity index (χ0) is 32.7. The van der Waals surface area contributed by atoms with Crippen LogP contribution in [0.1, 0.15) is 168 Å². The number of amides is 1. The normalized spacial score (nSPS) is 11.2. The van der Waals surface area contributed by atoms with Crippen molar-refractivity contribution in [2.45, 2.75) is 168 Å². The van der Waals surface area contributed by atoms with Crippen LogP contribution in [-0.2, 0) is 23.9 Å². The first-order valence-electron chi connectivity index (χ1n) is 18.6. The van der Waals surface area contributed by atoms with Crippen LogP contribution in [0.5, 0.6) is 0 Å². The van der Waals surface area contributed by atoms with E-state index >= 15 is 0 Å². The van der Waals surface area contributed by atoms with Gasteiger partial charge in [0.15, 0.2) is 6.54 Å². The Hall–Kier alpha value is -1.34.